The van der Waals surface area contributed by atoms with Crippen LogP contribution in [-0.4, -0.2) is 54.7 Å². The quantitative estimate of drug-likeness (QED) is 0.372. The Labute approximate surface area is 207 Å². The number of hydrogen-bond acceptors (Lipinski definition) is 6. The molecule has 2 saturated heterocycles. The highest BCUT2D eigenvalue weighted by Crippen LogP contribution is 2.31. The van der Waals surface area contributed by atoms with Gasteiger partial charge < -0.3 is 14.0 Å². The molecular weight excluding hydrogens is 496 g/mol. The summed E-state index contributed by atoms with van der Waals surface area (Å²) in [4.78, 5) is 5.05. The Hall–Kier alpha value is -2.21. The lowest BCUT2D eigenvalue weighted by atomic mass is 10.2. The van der Waals surface area contributed by atoms with Crippen LogP contribution in [-0.2, 0) is 27.1 Å². The predicted octanol–water partition coefficient (Wildman–Crippen LogP) is 4.89. The van der Waals surface area contributed by atoms with Crippen molar-refractivity contribution in [2.24, 2.45) is 0 Å². The van der Waals surface area contributed by atoms with E-state index >= 15 is 0 Å². The van der Waals surface area contributed by atoms with E-state index in [1.807, 2.05) is 6.07 Å². The first-order chi connectivity index (χ1) is 16.9. The second-order valence-electron chi connectivity index (χ2n) is 8.71. The first-order valence-electron chi connectivity index (χ1n) is 11.7. The summed E-state index contributed by atoms with van der Waals surface area (Å²) in [5.41, 5.74) is 2.43. The van der Waals surface area contributed by atoms with Crippen molar-refractivity contribution < 1.29 is 26.7 Å². The molecule has 0 aliphatic carbocycles. The molecule has 0 radical (unpaired) electrons. The molecule has 1 aromatic heterocycles. The summed E-state index contributed by atoms with van der Waals surface area (Å²) in [7, 11) is -3.54. The Morgan fingerprint density at radius 1 is 1.11 bits per heavy atom. The van der Waals surface area contributed by atoms with Crippen LogP contribution in [0.25, 0.3) is 11.0 Å². The van der Waals surface area contributed by atoms with E-state index < -0.39 is 16.6 Å². The number of ether oxygens (including phenoxy) is 2. The normalized spacial score (nSPS) is 19.2. The first kappa shape index (κ1) is 24.5. The van der Waals surface area contributed by atoms with Crippen LogP contribution in [0.5, 0.6) is 5.75 Å². The molecule has 2 aromatic carbocycles. The average molecular weight is 524 g/mol. The number of fused-ring (bicyclic) bond motifs is 1. The van der Waals surface area contributed by atoms with E-state index in [9.17, 15) is 17.2 Å². The maximum Gasteiger partial charge on any atom is 0.387 e. The van der Waals surface area contributed by atoms with Crippen LogP contribution in [0.4, 0.5) is 8.78 Å². The Morgan fingerprint density at radius 3 is 2.57 bits per heavy atom. The van der Waals surface area contributed by atoms with Gasteiger partial charge in [0.15, 0.2) is 5.16 Å². The lowest BCUT2D eigenvalue weighted by molar-refractivity contribution is -0.0498. The lowest BCUT2D eigenvalue weighted by Crippen LogP contribution is -2.27. The number of imidazole rings is 1. The van der Waals surface area contributed by atoms with Crippen LogP contribution in [0.2, 0.25) is 0 Å². The number of hydrogen-bond donors (Lipinski definition) is 0. The highest BCUT2D eigenvalue weighted by molar-refractivity contribution is 7.98. The molecule has 0 spiro atoms. The van der Waals surface area contributed by atoms with Gasteiger partial charge in [0.1, 0.15) is 5.75 Å². The molecule has 7 nitrogen and oxygen atoms in total. The highest BCUT2D eigenvalue weighted by atomic mass is 32.2. The second kappa shape index (κ2) is 10.4. The summed E-state index contributed by atoms with van der Waals surface area (Å²) in [6, 6.07) is 11.7. The monoisotopic (exact) mass is 523 g/mol. The molecule has 1 unspecified atom stereocenters. The fraction of sp³-hybridized carbons (Fsp3) is 0.458. The third-order valence-corrected chi connectivity index (χ3v) is 9.26. The zero-order valence-corrected chi connectivity index (χ0v) is 20.7. The summed E-state index contributed by atoms with van der Waals surface area (Å²) in [6.45, 7) is -0.373. The van der Waals surface area contributed by atoms with Gasteiger partial charge in [0.2, 0.25) is 10.0 Å². The first-order valence-corrected chi connectivity index (χ1v) is 14.1. The number of nitrogens with zero attached hydrogens (tertiary/aromatic N) is 3. The van der Waals surface area contributed by atoms with E-state index in [-0.39, 0.29) is 16.7 Å². The molecule has 0 saturated carbocycles. The molecular formula is C24H27F2N3O4S2. The molecule has 3 heterocycles. The number of halogens is 2. The van der Waals surface area contributed by atoms with Crippen LogP contribution < -0.4 is 4.74 Å². The van der Waals surface area contributed by atoms with E-state index in [0.717, 1.165) is 48.5 Å². The van der Waals surface area contributed by atoms with Crippen LogP contribution >= 0.6 is 11.8 Å². The summed E-state index contributed by atoms with van der Waals surface area (Å²) in [5, 5.41) is 0.763. The van der Waals surface area contributed by atoms with Crippen LogP contribution in [0.1, 0.15) is 31.2 Å². The molecule has 5 rings (SSSR count). The number of sulfonamides is 1. The zero-order chi connectivity index (χ0) is 24.4. The van der Waals surface area contributed by atoms with Gasteiger partial charge in [-0.25, -0.2) is 13.4 Å². The molecule has 0 N–H and O–H groups in total. The lowest BCUT2D eigenvalue weighted by Gasteiger charge is -2.16. The summed E-state index contributed by atoms with van der Waals surface area (Å²) < 4.78 is 64.8. The van der Waals surface area contributed by atoms with Gasteiger partial charge in [0, 0.05) is 25.4 Å². The van der Waals surface area contributed by atoms with E-state index in [0.29, 0.717) is 30.9 Å². The Kier molecular flexibility index (Phi) is 7.29. The zero-order valence-electron chi connectivity index (χ0n) is 19.1. The van der Waals surface area contributed by atoms with E-state index in [1.54, 1.807) is 24.3 Å². The third kappa shape index (κ3) is 5.47. The predicted molar refractivity (Wildman–Crippen MR) is 129 cm³/mol. The fourth-order valence-electron chi connectivity index (χ4n) is 4.52. The van der Waals surface area contributed by atoms with Crippen molar-refractivity contribution in [3.63, 3.8) is 0 Å². The van der Waals surface area contributed by atoms with Gasteiger partial charge in [-0.15, -0.1) is 0 Å². The number of aromatic nitrogens is 2. The summed E-state index contributed by atoms with van der Waals surface area (Å²) in [6.07, 6.45) is 3.84. The standard InChI is InChI=1S/C24H27F2N3O4S2/c25-23(26)33-18-7-5-17(6-8-18)16-34-24-27-21-14-20(35(30,31)28-11-1-2-12-28)9-10-22(21)29(24)15-19-4-3-13-32-19/h5-10,14,19,23H,1-4,11-13,15-16H2. The number of thioether (sulfide) groups is 1. The Balaban J connectivity index is 1.41. The Morgan fingerprint density at radius 2 is 1.89 bits per heavy atom. The second-order valence-corrected chi connectivity index (χ2v) is 11.6. The topological polar surface area (TPSA) is 73.7 Å². The SMILES string of the molecule is O=S(=O)(c1ccc2c(c1)nc(SCc1ccc(OC(F)F)cc1)n2CC1CCCO1)N1CCCC1. The average Bonchev–Trinajstić information content (AvgIpc) is 3.61. The molecule has 2 aliphatic rings. The molecule has 3 aromatic rings. The number of benzene rings is 2. The van der Waals surface area contributed by atoms with Crippen LogP contribution in [0, 0.1) is 0 Å². The largest absolute Gasteiger partial charge is 0.435 e. The maximum absolute atomic E-state index is 13.1. The molecule has 2 aliphatic heterocycles. The molecule has 35 heavy (non-hydrogen) atoms. The van der Waals surface area contributed by atoms with Crippen LogP contribution in [0.15, 0.2) is 52.5 Å². The van der Waals surface area contributed by atoms with E-state index in [1.165, 1.54) is 28.2 Å². The fourth-order valence-corrected chi connectivity index (χ4v) is 7.04. The molecule has 2 fully saturated rings. The minimum absolute atomic E-state index is 0.0885. The van der Waals surface area contributed by atoms with Crippen molar-refractivity contribution in [1.82, 2.24) is 13.9 Å². The van der Waals surface area contributed by atoms with Gasteiger partial charge in [-0.05, 0) is 61.6 Å². The van der Waals surface area contributed by atoms with Gasteiger partial charge in [-0.3, -0.25) is 0 Å². The molecule has 0 bridgehead atoms. The van der Waals surface area contributed by atoms with Gasteiger partial charge in [0.25, 0.3) is 0 Å². The van der Waals surface area contributed by atoms with Crippen molar-refractivity contribution >= 4 is 32.8 Å². The van der Waals surface area contributed by atoms with Gasteiger partial charge in [-0.1, -0.05) is 23.9 Å². The molecule has 11 heteroatoms. The molecule has 1 atom stereocenters. The number of rotatable bonds is 9. The minimum Gasteiger partial charge on any atom is -0.435 e. The van der Waals surface area contributed by atoms with Gasteiger partial charge in [0.05, 0.1) is 28.6 Å². The molecule has 188 valence electrons. The number of alkyl halides is 2. The third-order valence-electron chi connectivity index (χ3n) is 6.31. The van der Waals surface area contributed by atoms with Crippen molar-refractivity contribution in [1.29, 1.82) is 0 Å². The van der Waals surface area contributed by atoms with Gasteiger partial charge >= 0.3 is 6.61 Å². The van der Waals surface area contributed by atoms with Crippen molar-refractivity contribution in [3.8, 4) is 5.75 Å². The van der Waals surface area contributed by atoms with E-state index in [4.69, 9.17) is 9.72 Å². The molecule has 0 amide bonds. The Bertz CT molecular complexity index is 1270. The van der Waals surface area contributed by atoms with Crippen molar-refractivity contribution in [3.05, 3.63) is 48.0 Å². The van der Waals surface area contributed by atoms with E-state index in [2.05, 4.69) is 9.30 Å². The highest BCUT2D eigenvalue weighted by Gasteiger charge is 2.28. The van der Waals surface area contributed by atoms with Crippen molar-refractivity contribution in [2.75, 3.05) is 19.7 Å². The summed E-state index contributed by atoms with van der Waals surface area (Å²) >= 11 is 1.52. The smallest absolute Gasteiger partial charge is 0.387 e. The maximum atomic E-state index is 13.1. The van der Waals surface area contributed by atoms with Gasteiger partial charge in [-0.2, -0.15) is 13.1 Å². The minimum atomic E-state index is -3.54. The summed E-state index contributed by atoms with van der Waals surface area (Å²) in [5.74, 6) is 0.689. The van der Waals surface area contributed by atoms with Crippen LogP contribution in [0.3, 0.4) is 0 Å². The van der Waals surface area contributed by atoms with Crippen molar-refractivity contribution in [2.45, 2.75) is 60.7 Å².